The molecule has 2 atom stereocenters. The third-order valence-electron chi connectivity index (χ3n) is 6.00. The highest BCUT2D eigenvalue weighted by atomic mass is 16.5. The van der Waals surface area contributed by atoms with Crippen LogP contribution in [0.2, 0.25) is 0 Å². The first-order chi connectivity index (χ1) is 13.5. The van der Waals surface area contributed by atoms with E-state index in [2.05, 4.69) is 6.07 Å². The Morgan fingerprint density at radius 1 is 1.21 bits per heavy atom. The highest BCUT2D eigenvalue weighted by Crippen LogP contribution is 2.44. The van der Waals surface area contributed by atoms with E-state index in [9.17, 15) is 20.0 Å². The van der Waals surface area contributed by atoms with E-state index >= 15 is 0 Å². The molecule has 1 aromatic carbocycles. The number of nitrogens with zero attached hydrogens (tertiary/aromatic N) is 1. The molecule has 3 rings (SSSR count). The lowest BCUT2D eigenvalue weighted by Gasteiger charge is -2.34. The molecule has 0 aliphatic heterocycles. The first-order valence-corrected chi connectivity index (χ1v) is 9.59. The maximum Gasteiger partial charge on any atom is 0.306 e. The molecule has 1 aromatic rings. The summed E-state index contributed by atoms with van der Waals surface area (Å²) >= 11 is 0. The fourth-order valence-corrected chi connectivity index (χ4v) is 4.28. The number of carboxylic acid groups (broad SMARTS) is 1. The van der Waals surface area contributed by atoms with Crippen LogP contribution in [0.5, 0.6) is 11.5 Å². The molecule has 2 aliphatic rings. The predicted molar refractivity (Wildman–Crippen MR) is 99.1 cm³/mol. The van der Waals surface area contributed by atoms with Crippen LogP contribution in [0.15, 0.2) is 18.2 Å². The zero-order valence-corrected chi connectivity index (χ0v) is 15.9. The summed E-state index contributed by atoms with van der Waals surface area (Å²) < 4.78 is 16.6. The van der Waals surface area contributed by atoms with Gasteiger partial charge in [-0.2, -0.15) is 5.26 Å². The molecule has 0 saturated heterocycles. The van der Waals surface area contributed by atoms with E-state index in [1.54, 1.807) is 13.2 Å². The van der Waals surface area contributed by atoms with Crippen LogP contribution in [-0.4, -0.2) is 36.9 Å². The highest BCUT2D eigenvalue weighted by molar-refractivity contribution is 5.70. The zero-order chi connectivity index (χ0) is 20.1. The summed E-state index contributed by atoms with van der Waals surface area (Å²) in [6.45, 7) is 0.471. The Hall–Kier alpha value is -2.75. The normalized spacial score (nSPS) is 29.5. The molecule has 150 valence electrons. The molecule has 0 spiro atoms. The van der Waals surface area contributed by atoms with E-state index in [0.717, 1.165) is 18.4 Å². The average Bonchev–Trinajstić information content (AvgIpc) is 3.15. The Morgan fingerprint density at radius 3 is 2.54 bits per heavy atom. The van der Waals surface area contributed by atoms with Gasteiger partial charge in [-0.3, -0.25) is 9.59 Å². The summed E-state index contributed by atoms with van der Waals surface area (Å²) in [5.41, 5.74) is 0.114. The van der Waals surface area contributed by atoms with Crippen molar-refractivity contribution in [3.05, 3.63) is 23.8 Å². The van der Waals surface area contributed by atoms with E-state index in [-0.39, 0.29) is 18.1 Å². The van der Waals surface area contributed by atoms with Crippen molar-refractivity contribution in [2.45, 2.75) is 62.6 Å². The van der Waals surface area contributed by atoms with Crippen LogP contribution in [-0.2, 0) is 19.7 Å². The summed E-state index contributed by atoms with van der Waals surface area (Å²) in [4.78, 5) is 21.8. The number of aliphatic carboxylic acids is 1. The van der Waals surface area contributed by atoms with Crippen LogP contribution in [0.4, 0.5) is 0 Å². The monoisotopic (exact) mass is 387 g/mol. The minimum Gasteiger partial charge on any atom is -0.493 e. The van der Waals surface area contributed by atoms with Crippen molar-refractivity contribution in [2.75, 3.05) is 7.11 Å². The molecule has 7 heteroatoms. The highest BCUT2D eigenvalue weighted by Gasteiger charge is 2.40. The lowest BCUT2D eigenvalue weighted by Crippen LogP contribution is -2.33. The number of methoxy groups -OCH3 is 1. The Morgan fingerprint density at radius 2 is 1.93 bits per heavy atom. The van der Waals surface area contributed by atoms with Crippen molar-refractivity contribution >= 4 is 12.4 Å². The molecule has 0 bridgehead atoms. The molecule has 0 radical (unpaired) electrons. The molecular weight excluding hydrogens is 362 g/mol. The van der Waals surface area contributed by atoms with Gasteiger partial charge in [-0.05, 0) is 56.2 Å². The quantitative estimate of drug-likeness (QED) is 0.716. The van der Waals surface area contributed by atoms with Crippen molar-refractivity contribution in [3.63, 3.8) is 0 Å². The molecule has 2 aliphatic carbocycles. The number of ether oxygens (including phenoxy) is 3. The van der Waals surface area contributed by atoms with Crippen LogP contribution < -0.4 is 9.47 Å². The van der Waals surface area contributed by atoms with Crippen molar-refractivity contribution in [1.29, 1.82) is 5.26 Å². The van der Waals surface area contributed by atoms with Crippen molar-refractivity contribution < 1.29 is 28.9 Å². The number of carbonyl (C=O) groups excluding carboxylic acids is 1. The Labute approximate surface area is 164 Å². The van der Waals surface area contributed by atoms with Crippen LogP contribution in [0, 0.1) is 17.2 Å². The van der Waals surface area contributed by atoms with Gasteiger partial charge in [0.05, 0.1) is 24.5 Å². The standard InChI is InChI=1S/C21H25NO6/c1-26-18-5-2-15(21(12-22)8-6-14(7-9-21)20(24)25)10-19(18)28-17-4-3-16(11-17)27-13-23/h2,5,10,13-14,16-17H,3-4,6-9,11H2,1H3,(H,24,25). The minimum absolute atomic E-state index is 0.0881. The first-order valence-electron chi connectivity index (χ1n) is 9.59. The second-order valence-corrected chi connectivity index (χ2v) is 7.58. The fraction of sp³-hybridized carbons (Fsp3) is 0.571. The molecule has 2 unspecified atom stereocenters. The van der Waals surface area contributed by atoms with Gasteiger partial charge in [-0.15, -0.1) is 0 Å². The van der Waals surface area contributed by atoms with Gasteiger partial charge in [-0.1, -0.05) is 6.07 Å². The van der Waals surface area contributed by atoms with Crippen LogP contribution in [0.25, 0.3) is 0 Å². The smallest absolute Gasteiger partial charge is 0.306 e. The molecule has 0 amide bonds. The van der Waals surface area contributed by atoms with E-state index in [0.29, 0.717) is 50.1 Å². The third kappa shape index (κ3) is 4.06. The van der Waals surface area contributed by atoms with E-state index in [4.69, 9.17) is 14.2 Å². The van der Waals surface area contributed by atoms with Gasteiger partial charge >= 0.3 is 5.97 Å². The van der Waals surface area contributed by atoms with Crippen LogP contribution in [0.3, 0.4) is 0 Å². The number of rotatable bonds is 7. The van der Waals surface area contributed by atoms with Gasteiger partial charge in [0, 0.05) is 6.42 Å². The van der Waals surface area contributed by atoms with E-state index in [1.807, 2.05) is 12.1 Å². The van der Waals surface area contributed by atoms with Gasteiger partial charge in [0.2, 0.25) is 0 Å². The number of nitriles is 1. The minimum atomic E-state index is -0.793. The topological polar surface area (TPSA) is 106 Å². The van der Waals surface area contributed by atoms with Crippen molar-refractivity contribution in [3.8, 4) is 17.6 Å². The summed E-state index contributed by atoms with van der Waals surface area (Å²) in [6, 6.07) is 7.93. The lowest BCUT2D eigenvalue weighted by atomic mass is 9.67. The molecule has 0 heterocycles. The summed E-state index contributed by atoms with van der Waals surface area (Å²) in [5, 5.41) is 19.1. The second kappa shape index (κ2) is 8.51. The Balaban J connectivity index is 1.79. The fourth-order valence-electron chi connectivity index (χ4n) is 4.28. The summed E-state index contributed by atoms with van der Waals surface area (Å²) in [6.07, 6.45) is 3.91. The molecule has 2 fully saturated rings. The van der Waals surface area contributed by atoms with Crippen LogP contribution in [0.1, 0.15) is 50.5 Å². The number of carbonyl (C=O) groups is 2. The average molecular weight is 387 g/mol. The Bertz CT molecular complexity index is 763. The maximum absolute atomic E-state index is 11.2. The number of hydrogen-bond donors (Lipinski definition) is 1. The van der Waals surface area contributed by atoms with Gasteiger partial charge in [-0.25, -0.2) is 0 Å². The van der Waals surface area contributed by atoms with Crippen molar-refractivity contribution in [1.82, 2.24) is 0 Å². The SMILES string of the molecule is COc1ccc(C2(C#N)CCC(C(=O)O)CC2)cc1OC1CCC(OC=O)C1. The molecular formula is C21H25NO6. The van der Waals surface area contributed by atoms with Gasteiger partial charge in [0.25, 0.3) is 6.47 Å². The summed E-state index contributed by atoms with van der Waals surface area (Å²) in [5.74, 6) is -0.0372. The predicted octanol–water partition coefficient (Wildman–Crippen LogP) is 3.20. The maximum atomic E-state index is 11.2. The van der Waals surface area contributed by atoms with E-state index < -0.39 is 11.4 Å². The molecule has 7 nitrogen and oxygen atoms in total. The molecule has 2 saturated carbocycles. The lowest BCUT2D eigenvalue weighted by molar-refractivity contribution is -0.143. The first kappa shape index (κ1) is 20.0. The van der Waals surface area contributed by atoms with Crippen LogP contribution >= 0.6 is 0 Å². The summed E-state index contributed by atoms with van der Waals surface area (Å²) in [7, 11) is 1.56. The zero-order valence-electron chi connectivity index (χ0n) is 15.9. The number of hydrogen-bond acceptors (Lipinski definition) is 6. The van der Waals surface area contributed by atoms with Gasteiger partial charge < -0.3 is 19.3 Å². The largest absolute Gasteiger partial charge is 0.493 e. The second-order valence-electron chi connectivity index (χ2n) is 7.58. The molecule has 0 aromatic heterocycles. The molecule has 28 heavy (non-hydrogen) atoms. The van der Waals surface area contributed by atoms with Gasteiger partial charge in [0.1, 0.15) is 12.2 Å². The number of carboxylic acids is 1. The third-order valence-corrected chi connectivity index (χ3v) is 6.00. The van der Waals surface area contributed by atoms with E-state index in [1.165, 1.54) is 0 Å². The van der Waals surface area contributed by atoms with Crippen molar-refractivity contribution in [2.24, 2.45) is 5.92 Å². The number of benzene rings is 1. The van der Waals surface area contributed by atoms with Gasteiger partial charge in [0.15, 0.2) is 11.5 Å². The Kier molecular flexibility index (Phi) is 6.08. The molecule has 1 N–H and O–H groups in total.